The number of para-hydroxylation sites is 1. The Bertz CT molecular complexity index is 1190. The Morgan fingerprint density at radius 3 is 2.69 bits per heavy atom. The maximum absolute atomic E-state index is 12.7. The summed E-state index contributed by atoms with van der Waals surface area (Å²) in [7, 11) is 0. The fourth-order valence-corrected chi connectivity index (χ4v) is 3.70. The number of aromatic nitrogens is 3. The van der Waals surface area contributed by atoms with Crippen LogP contribution in [0.3, 0.4) is 0 Å². The maximum atomic E-state index is 12.7. The van der Waals surface area contributed by atoms with Crippen molar-refractivity contribution in [3.8, 4) is 17.1 Å². The first kappa shape index (κ1) is 16.5. The van der Waals surface area contributed by atoms with Crippen molar-refractivity contribution in [1.82, 2.24) is 14.6 Å². The van der Waals surface area contributed by atoms with Crippen molar-refractivity contribution in [2.75, 3.05) is 6.61 Å². The molecule has 0 amide bonds. The molecular weight excluding hydrogens is 346 g/mol. The van der Waals surface area contributed by atoms with E-state index >= 15 is 0 Å². The van der Waals surface area contributed by atoms with Crippen molar-refractivity contribution in [2.45, 2.75) is 13.8 Å². The molecule has 0 bridgehead atoms. The standard InChI is InChI=1S/C20H17N3O2S/c1-3-25-16-11-7-5-9-14(16)12-17-19(24)23-20(26-17)21-18(22-23)15-10-6-4-8-13(15)2/h4-12H,3H2,1-2H3/b17-12+. The van der Waals surface area contributed by atoms with Crippen LogP contribution in [0.25, 0.3) is 22.4 Å². The molecule has 0 saturated heterocycles. The van der Waals surface area contributed by atoms with Gasteiger partial charge in [-0.1, -0.05) is 53.8 Å². The third-order valence-electron chi connectivity index (χ3n) is 4.07. The highest BCUT2D eigenvalue weighted by molar-refractivity contribution is 7.15. The number of nitrogens with zero attached hydrogens (tertiary/aromatic N) is 3. The van der Waals surface area contributed by atoms with Crippen molar-refractivity contribution in [1.29, 1.82) is 0 Å². The molecule has 0 aliphatic carbocycles. The molecule has 6 heteroatoms. The van der Waals surface area contributed by atoms with Gasteiger partial charge in [-0.05, 0) is 31.6 Å². The fraction of sp³-hybridized carbons (Fsp3) is 0.150. The van der Waals surface area contributed by atoms with E-state index in [-0.39, 0.29) is 5.56 Å². The summed E-state index contributed by atoms with van der Waals surface area (Å²) < 4.78 is 7.59. The average molecular weight is 363 g/mol. The van der Waals surface area contributed by atoms with E-state index in [0.29, 0.717) is 21.9 Å². The van der Waals surface area contributed by atoms with Gasteiger partial charge < -0.3 is 4.74 Å². The van der Waals surface area contributed by atoms with E-state index in [0.717, 1.165) is 22.4 Å². The summed E-state index contributed by atoms with van der Waals surface area (Å²) in [5, 5.41) is 4.42. The van der Waals surface area contributed by atoms with Crippen LogP contribution < -0.4 is 14.8 Å². The van der Waals surface area contributed by atoms with Crippen LogP contribution in [0.5, 0.6) is 5.75 Å². The quantitative estimate of drug-likeness (QED) is 0.559. The Morgan fingerprint density at radius 1 is 1.15 bits per heavy atom. The van der Waals surface area contributed by atoms with Gasteiger partial charge in [-0.3, -0.25) is 4.79 Å². The van der Waals surface area contributed by atoms with E-state index in [2.05, 4.69) is 10.1 Å². The van der Waals surface area contributed by atoms with E-state index in [9.17, 15) is 4.79 Å². The zero-order valence-electron chi connectivity index (χ0n) is 14.5. The predicted molar refractivity (Wildman–Crippen MR) is 104 cm³/mol. The zero-order chi connectivity index (χ0) is 18.1. The van der Waals surface area contributed by atoms with Gasteiger partial charge in [0.1, 0.15) is 5.75 Å². The van der Waals surface area contributed by atoms with Crippen LogP contribution in [0.4, 0.5) is 0 Å². The number of benzene rings is 2. The molecule has 0 atom stereocenters. The number of aryl methyl sites for hydroxylation is 1. The third kappa shape index (κ3) is 2.88. The van der Waals surface area contributed by atoms with Crippen molar-refractivity contribution in [3.63, 3.8) is 0 Å². The van der Waals surface area contributed by atoms with Gasteiger partial charge in [0.15, 0.2) is 5.82 Å². The zero-order valence-corrected chi connectivity index (χ0v) is 15.3. The summed E-state index contributed by atoms with van der Waals surface area (Å²) >= 11 is 1.33. The van der Waals surface area contributed by atoms with E-state index in [1.165, 1.54) is 15.9 Å². The monoisotopic (exact) mass is 363 g/mol. The highest BCUT2D eigenvalue weighted by atomic mass is 32.1. The SMILES string of the molecule is CCOc1ccccc1/C=c1/sc2nc(-c3ccccc3C)nn2c1=O. The molecule has 0 unspecified atom stereocenters. The second-order valence-electron chi connectivity index (χ2n) is 5.83. The number of hydrogen-bond donors (Lipinski definition) is 0. The number of rotatable bonds is 4. The molecule has 5 nitrogen and oxygen atoms in total. The van der Waals surface area contributed by atoms with Gasteiger partial charge in [-0.25, -0.2) is 0 Å². The van der Waals surface area contributed by atoms with E-state index in [1.54, 1.807) is 0 Å². The highest BCUT2D eigenvalue weighted by Gasteiger charge is 2.13. The Morgan fingerprint density at radius 2 is 1.92 bits per heavy atom. The molecule has 0 radical (unpaired) electrons. The normalized spacial score (nSPS) is 12.0. The minimum atomic E-state index is -0.163. The lowest BCUT2D eigenvalue weighted by molar-refractivity contribution is 0.339. The van der Waals surface area contributed by atoms with Gasteiger partial charge in [0.2, 0.25) is 4.96 Å². The van der Waals surface area contributed by atoms with Crippen molar-refractivity contribution < 1.29 is 4.74 Å². The molecule has 4 rings (SSSR count). The van der Waals surface area contributed by atoms with Crippen LogP contribution in [-0.4, -0.2) is 21.2 Å². The molecule has 2 aromatic heterocycles. The van der Waals surface area contributed by atoms with Gasteiger partial charge in [0.25, 0.3) is 5.56 Å². The Labute approximate surface area is 154 Å². The maximum Gasteiger partial charge on any atom is 0.291 e. The average Bonchev–Trinajstić information content (AvgIpc) is 3.17. The molecule has 26 heavy (non-hydrogen) atoms. The van der Waals surface area contributed by atoms with E-state index < -0.39 is 0 Å². The first-order valence-electron chi connectivity index (χ1n) is 8.36. The third-order valence-corrected chi connectivity index (χ3v) is 5.03. The van der Waals surface area contributed by atoms with Gasteiger partial charge in [-0.15, -0.1) is 5.10 Å². The molecule has 0 spiro atoms. The summed E-state index contributed by atoms with van der Waals surface area (Å²) in [5.74, 6) is 1.33. The van der Waals surface area contributed by atoms with Crippen LogP contribution in [0.1, 0.15) is 18.1 Å². The van der Waals surface area contributed by atoms with Gasteiger partial charge >= 0.3 is 0 Å². The molecule has 0 aliphatic heterocycles. The Hall–Kier alpha value is -2.99. The molecule has 0 saturated carbocycles. The summed E-state index contributed by atoms with van der Waals surface area (Å²) in [6.07, 6.45) is 1.84. The number of thiazole rings is 1. The van der Waals surface area contributed by atoms with Crippen LogP contribution in [0.15, 0.2) is 53.3 Å². The van der Waals surface area contributed by atoms with Crippen molar-refractivity contribution in [2.24, 2.45) is 0 Å². The minimum absolute atomic E-state index is 0.163. The molecule has 0 aliphatic rings. The second kappa shape index (κ2) is 6.72. The van der Waals surface area contributed by atoms with E-state index in [1.807, 2.05) is 68.5 Å². The molecule has 0 N–H and O–H groups in total. The molecule has 2 heterocycles. The fourth-order valence-electron chi connectivity index (χ4n) is 2.80. The number of ether oxygens (including phenoxy) is 1. The number of fused-ring (bicyclic) bond motifs is 1. The molecule has 4 aromatic rings. The van der Waals surface area contributed by atoms with Gasteiger partial charge in [-0.2, -0.15) is 9.50 Å². The van der Waals surface area contributed by atoms with E-state index in [4.69, 9.17) is 4.74 Å². The summed E-state index contributed by atoms with van der Waals surface area (Å²) in [6.45, 7) is 4.52. The first-order chi connectivity index (χ1) is 12.7. The molecule has 2 aromatic carbocycles. The Balaban J connectivity index is 1.82. The predicted octanol–water partition coefficient (Wildman–Crippen LogP) is 3.07. The van der Waals surface area contributed by atoms with Crippen LogP contribution in [-0.2, 0) is 0 Å². The molecule has 0 fully saturated rings. The number of hydrogen-bond acceptors (Lipinski definition) is 5. The Kier molecular flexibility index (Phi) is 4.26. The summed E-state index contributed by atoms with van der Waals surface area (Å²) in [5.41, 5.74) is 2.73. The lowest BCUT2D eigenvalue weighted by atomic mass is 10.1. The smallest absolute Gasteiger partial charge is 0.291 e. The summed E-state index contributed by atoms with van der Waals surface area (Å²) in [4.78, 5) is 17.9. The second-order valence-corrected chi connectivity index (χ2v) is 6.84. The lowest BCUT2D eigenvalue weighted by Crippen LogP contribution is -2.23. The van der Waals surface area contributed by atoms with Crippen molar-refractivity contribution in [3.05, 3.63) is 74.5 Å². The largest absolute Gasteiger partial charge is 0.493 e. The minimum Gasteiger partial charge on any atom is -0.493 e. The van der Waals surface area contributed by atoms with Crippen molar-refractivity contribution >= 4 is 22.4 Å². The first-order valence-corrected chi connectivity index (χ1v) is 9.18. The van der Waals surface area contributed by atoms with Gasteiger partial charge in [0, 0.05) is 11.1 Å². The molecular formula is C20H17N3O2S. The van der Waals surface area contributed by atoms with Crippen LogP contribution in [0.2, 0.25) is 0 Å². The van der Waals surface area contributed by atoms with Gasteiger partial charge in [0.05, 0.1) is 11.1 Å². The topological polar surface area (TPSA) is 56.5 Å². The lowest BCUT2D eigenvalue weighted by Gasteiger charge is -2.05. The summed E-state index contributed by atoms with van der Waals surface area (Å²) in [6, 6.07) is 15.5. The highest BCUT2D eigenvalue weighted by Crippen LogP contribution is 2.21. The van der Waals surface area contributed by atoms with Crippen LogP contribution >= 0.6 is 11.3 Å². The molecule has 130 valence electrons. The van der Waals surface area contributed by atoms with Crippen LogP contribution in [0, 0.1) is 6.92 Å².